The molecule has 0 radical (unpaired) electrons. The summed E-state index contributed by atoms with van der Waals surface area (Å²) in [5, 5.41) is 7.54. The van der Waals surface area contributed by atoms with Gasteiger partial charge in [0.25, 0.3) is 0 Å². The fraction of sp³-hybridized carbons (Fsp3) is 0.917. The molecule has 0 spiro atoms. The molecule has 0 aromatic carbocycles. The quantitative estimate of drug-likeness (QED) is 0.0954. The zero-order valence-electron chi connectivity index (χ0n) is 24.9. The van der Waals surface area contributed by atoms with Gasteiger partial charge in [-0.3, -0.25) is 0 Å². The van der Waals surface area contributed by atoms with Crippen molar-refractivity contribution in [2.75, 3.05) is 52.7 Å². The minimum Gasteiger partial charge on any atom is -0.395 e. The molecule has 12 heteroatoms. The highest BCUT2D eigenvalue weighted by atomic mass is 28.4. The van der Waals surface area contributed by atoms with Gasteiger partial charge in [-0.2, -0.15) is 0 Å². The maximum Gasteiger partial charge on any atom is 0.361 e. The lowest BCUT2D eigenvalue weighted by molar-refractivity contribution is 0.188. The molecule has 0 atom stereocenters. The summed E-state index contributed by atoms with van der Waals surface area (Å²) >= 11 is 0. The van der Waals surface area contributed by atoms with Gasteiger partial charge in [0.15, 0.2) is 0 Å². The van der Waals surface area contributed by atoms with E-state index >= 15 is 0 Å². The first-order chi connectivity index (χ1) is 17.1. The van der Waals surface area contributed by atoms with E-state index in [1.54, 1.807) is 0 Å². The van der Waals surface area contributed by atoms with Gasteiger partial charge in [0, 0.05) is 45.4 Å². The molecule has 0 aliphatic rings. The molecule has 216 valence electrons. The minimum absolute atomic E-state index is 0.307. The van der Waals surface area contributed by atoms with Gasteiger partial charge >= 0.3 is 25.7 Å². The molecule has 0 saturated heterocycles. The van der Waals surface area contributed by atoms with Crippen molar-refractivity contribution >= 4 is 35.2 Å². The second kappa shape index (κ2) is 21.2. The lowest BCUT2D eigenvalue weighted by Gasteiger charge is -2.27. The zero-order valence-corrected chi connectivity index (χ0v) is 29.3. The van der Waals surface area contributed by atoms with Crippen molar-refractivity contribution in [3.05, 3.63) is 11.4 Å². The molecule has 8 nitrogen and oxygen atoms in total. The molecule has 0 saturated carbocycles. The van der Waals surface area contributed by atoms with Crippen molar-refractivity contribution in [3.8, 4) is 0 Å². The van der Waals surface area contributed by atoms with Crippen LogP contribution in [0.1, 0.15) is 54.4 Å². The molecule has 0 aliphatic heterocycles. The molecule has 0 bridgehead atoms. The van der Waals surface area contributed by atoms with Crippen molar-refractivity contribution in [2.24, 2.45) is 0 Å². The fourth-order valence-corrected chi connectivity index (χ4v) is 13.9. The van der Waals surface area contributed by atoms with E-state index < -0.39 is 35.2 Å². The third kappa shape index (κ3) is 17.0. The third-order valence-corrected chi connectivity index (χ3v) is 16.6. The SMILES string of the molecule is CCO[Si](C)(C=C[SiH2]C(NCCC[Si](C)(OCC)OCC)NCCC[Si](C)(OCC)OCC)OCC. The molecule has 0 fully saturated rings. The van der Waals surface area contributed by atoms with E-state index in [1.165, 1.54) is 0 Å². The standard InChI is InChI=1S/C24H58N2O6Si4/c1-10-27-34(7,28-11-2)21-16-18-25-24(33-20-23-36(9,31-14-5)32-15-6)26-19-17-22-35(8,29-12-3)30-13-4/h20,23-26H,10-19,21-22,33H2,1-9H3. The van der Waals surface area contributed by atoms with Crippen molar-refractivity contribution in [2.45, 2.75) is 91.9 Å². The van der Waals surface area contributed by atoms with Crippen LogP contribution < -0.4 is 10.6 Å². The first kappa shape index (κ1) is 36.3. The van der Waals surface area contributed by atoms with Crippen molar-refractivity contribution in [3.63, 3.8) is 0 Å². The van der Waals surface area contributed by atoms with E-state index in [9.17, 15) is 0 Å². The topological polar surface area (TPSA) is 79.4 Å². The van der Waals surface area contributed by atoms with Gasteiger partial charge in [0.05, 0.1) is 9.52 Å². The minimum atomic E-state index is -2.24. The molecule has 0 amide bonds. The van der Waals surface area contributed by atoms with Crippen LogP contribution in [0.2, 0.25) is 31.7 Å². The second-order valence-electron chi connectivity index (χ2n) is 9.19. The summed E-state index contributed by atoms with van der Waals surface area (Å²) in [6.07, 6.45) is 2.09. The van der Waals surface area contributed by atoms with Crippen molar-refractivity contribution in [1.82, 2.24) is 10.6 Å². The fourth-order valence-electron chi connectivity index (χ4n) is 4.33. The van der Waals surface area contributed by atoms with Crippen LogP contribution in [0.3, 0.4) is 0 Å². The highest BCUT2D eigenvalue weighted by molar-refractivity contribution is 6.72. The monoisotopic (exact) mass is 582 g/mol. The van der Waals surface area contributed by atoms with Crippen LogP contribution in [-0.2, 0) is 26.6 Å². The predicted molar refractivity (Wildman–Crippen MR) is 161 cm³/mol. The summed E-state index contributed by atoms with van der Waals surface area (Å²) in [5.74, 6) is 0.307. The first-order valence-electron chi connectivity index (χ1n) is 14.1. The Hall–Kier alpha value is 0.288. The number of nitrogens with one attached hydrogen (secondary N) is 2. The van der Waals surface area contributed by atoms with E-state index in [2.05, 4.69) is 41.7 Å². The number of hydrogen-bond donors (Lipinski definition) is 2. The molecule has 0 aliphatic carbocycles. The Morgan fingerprint density at radius 3 is 1.31 bits per heavy atom. The van der Waals surface area contributed by atoms with E-state index in [-0.39, 0.29) is 0 Å². The first-order valence-corrected chi connectivity index (χ1v) is 23.2. The maximum absolute atomic E-state index is 6.00. The van der Waals surface area contributed by atoms with Crippen LogP contribution in [0.15, 0.2) is 11.4 Å². The van der Waals surface area contributed by atoms with Crippen LogP contribution in [0, 0.1) is 0 Å². The normalized spacial score (nSPS) is 13.7. The Labute approximate surface area is 228 Å². The molecule has 0 aromatic heterocycles. The van der Waals surface area contributed by atoms with Crippen LogP contribution in [0.5, 0.6) is 0 Å². The Balaban J connectivity index is 4.98. The summed E-state index contributed by atoms with van der Waals surface area (Å²) in [7, 11) is -6.96. The van der Waals surface area contributed by atoms with Crippen LogP contribution in [0.4, 0.5) is 0 Å². The predicted octanol–water partition coefficient (Wildman–Crippen LogP) is 3.89. The number of hydrogen-bond acceptors (Lipinski definition) is 8. The van der Waals surface area contributed by atoms with E-state index in [4.69, 9.17) is 26.6 Å². The summed E-state index contributed by atoms with van der Waals surface area (Å²) in [6.45, 7) is 24.8. The Bertz CT molecular complexity index is 515. The average Bonchev–Trinajstić information content (AvgIpc) is 2.80. The molecular weight excluding hydrogens is 525 g/mol. The molecule has 2 N–H and O–H groups in total. The van der Waals surface area contributed by atoms with Gasteiger partial charge < -0.3 is 37.2 Å². The Kier molecular flexibility index (Phi) is 21.3. The Morgan fingerprint density at radius 1 is 0.611 bits per heavy atom. The average molecular weight is 583 g/mol. The highest BCUT2D eigenvalue weighted by Crippen LogP contribution is 2.16. The summed E-state index contributed by atoms with van der Waals surface area (Å²) in [4.78, 5) is 0. The summed E-state index contributed by atoms with van der Waals surface area (Å²) < 4.78 is 36.0. The summed E-state index contributed by atoms with van der Waals surface area (Å²) in [6, 6.07) is 2.00. The molecule has 0 heterocycles. The molecular formula is C24H58N2O6Si4. The maximum atomic E-state index is 6.00. The van der Waals surface area contributed by atoms with E-state index in [1.807, 2.05) is 41.5 Å². The van der Waals surface area contributed by atoms with Crippen molar-refractivity contribution < 1.29 is 26.6 Å². The van der Waals surface area contributed by atoms with Gasteiger partial charge in [0.2, 0.25) is 0 Å². The largest absolute Gasteiger partial charge is 0.395 e. The van der Waals surface area contributed by atoms with Gasteiger partial charge in [-0.05, 0) is 99.2 Å². The van der Waals surface area contributed by atoms with Gasteiger partial charge in [-0.15, -0.1) is 5.70 Å². The summed E-state index contributed by atoms with van der Waals surface area (Å²) in [5.41, 5.74) is 4.58. The van der Waals surface area contributed by atoms with Crippen LogP contribution >= 0.6 is 0 Å². The van der Waals surface area contributed by atoms with Gasteiger partial charge in [0.1, 0.15) is 0 Å². The highest BCUT2D eigenvalue weighted by Gasteiger charge is 2.31. The number of rotatable bonds is 25. The molecule has 0 unspecified atom stereocenters. The van der Waals surface area contributed by atoms with Crippen LogP contribution in [-0.4, -0.2) is 93.7 Å². The zero-order chi connectivity index (χ0) is 27.3. The van der Waals surface area contributed by atoms with E-state index in [0.717, 1.165) is 38.0 Å². The molecule has 0 aromatic rings. The molecule has 0 rings (SSSR count). The van der Waals surface area contributed by atoms with E-state index in [0.29, 0.717) is 45.4 Å². The smallest absolute Gasteiger partial charge is 0.361 e. The van der Waals surface area contributed by atoms with Gasteiger partial charge in [-0.25, -0.2) is 0 Å². The lowest BCUT2D eigenvalue weighted by atomic mass is 10.4. The third-order valence-electron chi connectivity index (χ3n) is 5.85. The molecule has 36 heavy (non-hydrogen) atoms. The lowest BCUT2D eigenvalue weighted by Crippen LogP contribution is -2.48. The second-order valence-corrected chi connectivity index (χ2v) is 20.6. The van der Waals surface area contributed by atoms with Crippen molar-refractivity contribution in [1.29, 1.82) is 0 Å². The van der Waals surface area contributed by atoms with Gasteiger partial charge in [-0.1, -0.05) is 5.70 Å². The van der Waals surface area contributed by atoms with Crippen LogP contribution in [0.25, 0.3) is 0 Å². The Morgan fingerprint density at radius 2 is 0.972 bits per heavy atom.